The van der Waals surface area contributed by atoms with Crippen LogP contribution in [0.1, 0.15) is 48.0 Å². The Balaban J connectivity index is 2.29. The fourth-order valence-electron chi connectivity index (χ4n) is 2.71. The monoisotopic (exact) mass is 319 g/mol. The molecule has 5 heteroatoms. The van der Waals surface area contributed by atoms with Crippen molar-refractivity contribution >= 4 is 34.1 Å². The zero-order chi connectivity index (χ0) is 15.0. The zero-order valence-electron chi connectivity index (χ0n) is 12.4. The van der Waals surface area contributed by atoms with E-state index in [1.165, 1.54) is 4.88 Å². The molecule has 0 aliphatic carbocycles. The van der Waals surface area contributed by atoms with Crippen LogP contribution in [0.5, 0.6) is 0 Å². The minimum atomic E-state index is -0.146. The van der Waals surface area contributed by atoms with Crippen LogP contribution in [0.15, 0.2) is 29.8 Å². The van der Waals surface area contributed by atoms with E-state index < -0.39 is 0 Å². The molecule has 3 aromatic rings. The van der Waals surface area contributed by atoms with E-state index in [9.17, 15) is 0 Å². The fourth-order valence-corrected chi connectivity index (χ4v) is 3.76. The Morgan fingerprint density at radius 3 is 2.81 bits per heavy atom. The van der Waals surface area contributed by atoms with E-state index in [-0.39, 0.29) is 11.4 Å². The van der Waals surface area contributed by atoms with Gasteiger partial charge in [-0.1, -0.05) is 13.0 Å². The van der Waals surface area contributed by atoms with Crippen LogP contribution in [0.3, 0.4) is 0 Å². The van der Waals surface area contributed by atoms with Gasteiger partial charge in [0, 0.05) is 11.1 Å². The molecule has 0 bridgehead atoms. The van der Waals surface area contributed by atoms with Crippen molar-refractivity contribution < 1.29 is 0 Å². The number of imidazole rings is 1. The minimum absolute atomic E-state index is 0.146. The molecule has 2 unspecified atom stereocenters. The van der Waals surface area contributed by atoms with Crippen molar-refractivity contribution in [2.45, 2.75) is 38.6 Å². The number of rotatable bonds is 4. The van der Waals surface area contributed by atoms with Crippen molar-refractivity contribution in [3.63, 3.8) is 0 Å². The first-order chi connectivity index (χ1) is 10.1. The molecule has 0 spiro atoms. The first-order valence-corrected chi connectivity index (χ1v) is 8.46. The highest BCUT2D eigenvalue weighted by Gasteiger charge is 2.24. The molecule has 3 aromatic heterocycles. The topological polar surface area (TPSA) is 30.7 Å². The summed E-state index contributed by atoms with van der Waals surface area (Å²) in [5, 5.41) is 1.96. The summed E-state index contributed by atoms with van der Waals surface area (Å²) < 4.78 is 2.21. The number of fused-ring (bicyclic) bond motifs is 1. The van der Waals surface area contributed by atoms with Gasteiger partial charge < -0.3 is 4.57 Å². The van der Waals surface area contributed by atoms with Crippen molar-refractivity contribution in [1.29, 1.82) is 0 Å². The molecule has 0 aliphatic heterocycles. The number of alkyl halides is 1. The number of pyridine rings is 1. The second-order valence-corrected chi connectivity index (χ2v) is 6.83. The third-order valence-corrected chi connectivity index (χ3v) is 4.90. The number of halogens is 1. The minimum Gasteiger partial charge on any atom is -0.303 e. The van der Waals surface area contributed by atoms with Gasteiger partial charge in [-0.25, -0.2) is 9.97 Å². The summed E-state index contributed by atoms with van der Waals surface area (Å²) in [5.74, 6) is 0.897. The lowest BCUT2D eigenvalue weighted by Gasteiger charge is -2.19. The lowest BCUT2D eigenvalue weighted by Crippen LogP contribution is -2.13. The Morgan fingerprint density at radius 1 is 1.38 bits per heavy atom. The zero-order valence-corrected chi connectivity index (χ0v) is 13.9. The third kappa shape index (κ3) is 2.47. The molecule has 3 rings (SSSR count). The number of aromatic nitrogens is 3. The normalized spacial score (nSPS) is 14.5. The molecule has 0 N–H and O–H groups in total. The van der Waals surface area contributed by atoms with Gasteiger partial charge in [-0.2, -0.15) is 0 Å². The largest absolute Gasteiger partial charge is 0.303 e. The first-order valence-electron chi connectivity index (χ1n) is 7.14. The van der Waals surface area contributed by atoms with Crippen LogP contribution in [0, 0.1) is 6.92 Å². The van der Waals surface area contributed by atoms with Gasteiger partial charge in [0.1, 0.15) is 11.3 Å². The van der Waals surface area contributed by atoms with Gasteiger partial charge in [-0.05, 0) is 43.3 Å². The van der Waals surface area contributed by atoms with E-state index >= 15 is 0 Å². The quantitative estimate of drug-likeness (QED) is 0.626. The maximum absolute atomic E-state index is 6.39. The first kappa shape index (κ1) is 14.5. The molecule has 110 valence electrons. The van der Waals surface area contributed by atoms with Crippen molar-refractivity contribution in [2.24, 2.45) is 0 Å². The van der Waals surface area contributed by atoms with Crippen LogP contribution in [0.4, 0.5) is 0 Å². The van der Waals surface area contributed by atoms with Crippen molar-refractivity contribution in [1.82, 2.24) is 14.5 Å². The molecule has 3 heterocycles. The van der Waals surface area contributed by atoms with E-state index in [0.717, 1.165) is 29.0 Å². The molecule has 0 amide bonds. The highest BCUT2D eigenvalue weighted by atomic mass is 35.5. The van der Waals surface area contributed by atoms with E-state index in [4.69, 9.17) is 16.6 Å². The van der Waals surface area contributed by atoms with Crippen molar-refractivity contribution in [2.75, 3.05) is 0 Å². The van der Waals surface area contributed by atoms with Crippen LogP contribution in [0.25, 0.3) is 11.2 Å². The van der Waals surface area contributed by atoms with Gasteiger partial charge in [-0.3, -0.25) is 0 Å². The molecule has 0 saturated heterocycles. The lowest BCUT2D eigenvalue weighted by atomic mass is 10.1. The molecule has 0 fully saturated rings. The second-order valence-electron chi connectivity index (χ2n) is 5.20. The molecule has 3 nitrogen and oxygen atoms in total. The van der Waals surface area contributed by atoms with Crippen LogP contribution < -0.4 is 0 Å². The summed E-state index contributed by atoms with van der Waals surface area (Å²) in [7, 11) is 0. The molecule has 0 aromatic carbocycles. The van der Waals surface area contributed by atoms with Crippen LogP contribution >= 0.6 is 22.9 Å². The van der Waals surface area contributed by atoms with Crippen LogP contribution in [-0.2, 0) is 0 Å². The maximum Gasteiger partial charge on any atom is 0.160 e. The third-order valence-electron chi connectivity index (χ3n) is 3.73. The fraction of sp³-hybridized carbons (Fsp3) is 0.375. The van der Waals surface area contributed by atoms with Crippen LogP contribution in [0.2, 0.25) is 0 Å². The van der Waals surface area contributed by atoms with Gasteiger partial charge >= 0.3 is 0 Å². The predicted octanol–water partition coefficient (Wildman–Crippen LogP) is 5.10. The van der Waals surface area contributed by atoms with Crippen molar-refractivity contribution in [3.8, 4) is 0 Å². The summed E-state index contributed by atoms with van der Waals surface area (Å²) >= 11 is 8.15. The second kappa shape index (κ2) is 5.78. The Kier molecular flexibility index (Phi) is 4.00. The molecule has 2 atom stereocenters. The molecule has 0 saturated carbocycles. The molecule has 0 aliphatic rings. The Hall–Kier alpha value is -1.39. The SMILES string of the molecule is CCC(c1cccs1)n1c(C(C)Cl)nc2c(C)ccnc21. The van der Waals surface area contributed by atoms with Gasteiger partial charge in [-0.15, -0.1) is 22.9 Å². The van der Waals surface area contributed by atoms with E-state index in [1.807, 2.05) is 19.2 Å². The number of hydrogen-bond donors (Lipinski definition) is 0. The van der Waals surface area contributed by atoms with E-state index in [1.54, 1.807) is 11.3 Å². The summed E-state index contributed by atoms with van der Waals surface area (Å²) in [6.45, 7) is 6.22. The Bertz CT molecular complexity index is 746. The van der Waals surface area contributed by atoms with Gasteiger partial charge in [0.05, 0.1) is 11.4 Å². The molecular formula is C16H18ClN3S. The molecule has 0 radical (unpaired) electrons. The maximum atomic E-state index is 6.39. The van der Waals surface area contributed by atoms with Gasteiger partial charge in [0.2, 0.25) is 0 Å². The number of aryl methyl sites for hydroxylation is 1. The molecule has 21 heavy (non-hydrogen) atoms. The average Bonchev–Trinajstić information content (AvgIpc) is 3.09. The Labute approximate surface area is 133 Å². The summed E-state index contributed by atoms with van der Waals surface area (Å²) in [4.78, 5) is 10.7. The van der Waals surface area contributed by atoms with Gasteiger partial charge in [0.25, 0.3) is 0 Å². The predicted molar refractivity (Wildman–Crippen MR) is 89.3 cm³/mol. The smallest absolute Gasteiger partial charge is 0.160 e. The van der Waals surface area contributed by atoms with E-state index in [2.05, 4.69) is 40.9 Å². The number of hydrogen-bond acceptors (Lipinski definition) is 3. The molecular weight excluding hydrogens is 302 g/mol. The van der Waals surface area contributed by atoms with Crippen molar-refractivity contribution in [3.05, 3.63) is 46.0 Å². The van der Waals surface area contributed by atoms with E-state index in [0.29, 0.717) is 0 Å². The highest BCUT2D eigenvalue weighted by molar-refractivity contribution is 7.10. The van der Waals surface area contributed by atoms with Crippen LogP contribution in [-0.4, -0.2) is 14.5 Å². The average molecular weight is 320 g/mol. The lowest BCUT2D eigenvalue weighted by molar-refractivity contribution is 0.560. The highest BCUT2D eigenvalue weighted by Crippen LogP contribution is 2.34. The number of nitrogens with zero attached hydrogens (tertiary/aromatic N) is 3. The number of thiophene rings is 1. The van der Waals surface area contributed by atoms with Gasteiger partial charge in [0.15, 0.2) is 5.65 Å². The Morgan fingerprint density at radius 2 is 2.19 bits per heavy atom. The summed E-state index contributed by atoms with van der Waals surface area (Å²) in [5.41, 5.74) is 3.02. The summed E-state index contributed by atoms with van der Waals surface area (Å²) in [6.07, 6.45) is 2.83. The standard InChI is InChI=1S/C16H18ClN3S/c1-4-12(13-6-5-9-21-13)20-15(11(3)17)19-14-10(2)7-8-18-16(14)20/h5-9,11-12H,4H2,1-3H3. The summed E-state index contributed by atoms with van der Waals surface area (Å²) in [6, 6.07) is 6.49.